The van der Waals surface area contributed by atoms with Crippen LogP contribution in [0.15, 0.2) is 132 Å². The van der Waals surface area contributed by atoms with E-state index < -0.39 is 24.1 Å². The van der Waals surface area contributed by atoms with Crippen molar-refractivity contribution in [1.82, 2.24) is 4.90 Å². The summed E-state index contributed by atoms with van der Waals surface area (Å²) in [7, 11) is 0. The molecule has 3 atom stereocenters. The van der Waals surface area contributed by atoms with Crippen LogP contribution < -0.4 is 10.1 Å². The molecule has 5 aromatic rings. The Morgan fingerprint density at radius 2 is 1.58 bits per heavy atom. The highest BCUT2D eigenvalue weighted by Crippen LogP contribution is 2.39. The molecule has 8 heteroatoms. The second kappa shape index (κ2) is 16.6. The molecule has 6 nitrogen and oxygen atoms in total. The molecule has 0 saturated carbocycles. The first-order valence-corrected chi connectivity index (χ1v) is 17.7. The predicted octanol–water partition coefficient (Wildman–Crippen LogP) is 9.86. The third-order valence-corrected chi connectivity index (χ3v) is 9.54. The van der Waals surface area contributed by atoms with E-state index in [0.29, 0.717) is 38.0 Å². The number of imide groups is 1. The van der Waals surface area contributed by atoms with Crippen molar-refractivity contribution in [2.45, 2.75) is 51.3 Å². The summed E-state index contributed by atoms with van der Waals surface area (Å²) in [6, 6.07) is 39.0. The van der Waals surface area contributed by atoms with Crippen molar-refractivity contribution < 1.29 is 23.5 Å². The minimum atomic E-state index is -0.694. The number of benzene rings is 5. The molecular weight excluding hydrogens is 695 g/mol. The summed E-state index contributed by atoms with van der Waals surface area (Å²) in [6.45, 7) is 2.49. The largest absolute Gasteiger partial charge is 0.489 e. The van der Waals surface area contributed by atoms with Gasteiger partial charge in [0.15, 0.2) is 0 Å². The number of nitrogens with zero attached hydrogens (tertiary/aromatic N) is 1. The van der Waals surface area contributed by atoms with E-state index in [0.717, 1.165) is 38.0 Å². The third-order valence-electron chi connectivity index (χ3n) is 9.05. The lowest BCUT2D eigenvalue weighted by atomic mass is 9.85. The van der Waals surface area contributed by atoms with Gasteiger partial charge in [0.2, 0.25) is 5.91 Å². The van der Waals surface area contributed by atoms with Crippen molar-refractivity contribution in [2.24, 2.45) is 5.92 Å². The van der Waals surface area contributed by atoms with Gasteiger partial charge < -0.3 is 14.8 Å². The highest BCUT2D eigenvalue weighted by Gasteiger charge is 2.43. The maximum atomic E-state index is 14.9. The number of carbonyl (C=O) groups excluding carboxylic acids is 2. The number of aryl methyl sites for hydroxylation is 2. The van der Waals surface area contributed by atoms with Crippen LogP contribution in [0, 0.1) is 18.7 Å². The molecular formula is C42H40BrFN2O4. The average Bonchev–Trinajstić information content (AvgIpc) is 3.50. The molecule has 0 aromatic heterocycles. The monoisotopic (exact) mass is 734 g/mol. The summed E-state index contributed by atoms with van der Waals surface area (Å²) >= 11 is 3.62. The lowest BCUT2D eigenvalue weighted by Gasteiger charge is -2.33. The van der Waals surface area contributed by atoms with E-state index in [2.05, 4.69) is 21.2 Å². The van der Waals surface area contributed by atoms with Crippen molar-refractivity contribution in [3.8, 4) is 5.75 Å². The molecule has 1 aliphatic rings. The molecule has 5 aromatic carbocycles. The number of carbonyl (C=O) groups is 2. The third kappa shape index (κ3) is 8.98. The van der Waals surface area contributed by atoms with Gasteiger partial charge in [-0.25, -0.2) is 14.1 Å². The zero-order valence-electron chi connectivity index (χ0n) is 27.9. The van der Waals surface area contributed by atoms with Gasteiger partial charge in [-0.2, -0.15) is 0 Å². The van der Waals surface area contributed by atoms with Crippen molar-refractivity contribution in [3.05, 3.63) is 166 Å². The summed E-state index contributed by atoms with van der Waals surface area (Å²) in [6.07, 6.45) is 1.55. The first-order valence-electron chi connectivity index (χ1n) is 16.9. The van der Waals surface area contributed by atoms with Crippen LogP contribution in [-0.4, -0.2) is 29.5 Å². The quantitative estimate of drug-likeness (QED) is 0.123. The molecule has 1 N–H and O–H groups in total. The SMILES string of the molecule is Cc1ccc(N[C@H](c2ccc(Br)cc2OCc2ccccc2)[C@@H](CCCc2ccc(F)cc2)C(=O)N2C(=O)OC[C@@H]2Cc2ccccc2)cc1. The Morgan fingerprint density at radius 1 is 0.900 bits per heavy atom. The number of halogens is 2. The number of anilines is 1. The van der Waals surface area contributed by atoms with E-state index in [-0.39, 0.29) is 18.3 Å². The van der Waals surface area contributed by atoms with Gasteiger partial charge in [0.05, 0.1) is 18.0 Å². The van der Waals surface area contributed by atoms with Crippen LogP contribution in [0.3, 0.4) is 0 Å². The van der Waals surface area contributed by atoms with E-state index in [9.17, 15) is 14.0 Å². The van der Waals surface area contributed by atoms with Gasteiger partial charge >= 0.3 is 6.09 Å². The molecule has 1 saturated heterocycles. The summed E-state index contributed by atoms with van der Waals surface area (Å²) < 4.78 is 26.5. The fraction of sp³-hybridized carbons (Fsp3) is 0.238. The van der Waals surface area contributed by atoms with Gasteiger partial charge in [-0.05, 0) is 85.7 Å². The Labute approximate surface area is 301 Å². The molecule has 2 amide bonds. The fourth-order valence-electron chi connectivity index (χ4n) is 6.41. The zero-order valence-corrected chi connectivity index (χ0v) is 29.5. The lowest BCUT2D eigenvalue weighted by Crippen LogP contribution is -2.46. The van der Waals surface area contributed by atoms with Crippen molar-refractivity contribution in [2.75, 3.05) is 11.9 Å². The van der Waals surface area contributed by atoms with Crippen molar-refractivity contribution in [3.63, 3.8) is 0 Å². The standard InChI is InChI=1S/C42H40BrFN2O4/c1-29-15-22-35(23-16-29)45-40(37-24-19-33(43)26-39(37)49-27-32-11-6-3-7-12-32)38(14-8-13-30-17-20-34(44)21-18-30)41(47)46-36(28-50-42(46)48)25-31-9-4-2-5-10-31/h2-7,9-12,15-24,26,36,38,40,45H,8,13-14,25,27-28H2,1H3/t36-,38+,40+/m0/s1. The Balaban J connectivity index is 1.39. The molecule has 6 rings (SSSR count). The topological polar surface area (TPSA) is 67.9 Å². The van der Waals surface area contributed by atoms with Crippen LogP contribution in [0.5, 0.6) is 5.75 Å². The van der Waals surface area contributed by atoms with Crippen LogP contribution in [0.25, 0.3) is 0 Å². The number of rotatable bonds is 14. The molecule has 50 heavy (non-hydrogen) atoms. The smallest absolute Gasteiger partial charge is 0.416 e. The molecule has 1 aliphatic heterocycles. The average molecular weight is 736 g/mol. The maximum absolute atomic E-state index is 14.9. The van der Waals surface area contributed by atoms with E-state index in [4.69, 9.17) is 9.47 Å². The molecule has 0 radical (unpaired) electrons. The Morgan fingerprint density at radius 3 is 2.28 bits per heavy atom. The van der Waals surface area contributed by atoms with Gasteiger partial charge in [0.1, 0.15) is 24.8 Å². The van der Waals surface area contributed by atoms with Crippen LogP contribution in [0.2, 0.25) is 0 Å². The maximum Gasteiger partial charge on any atom is 0.416 e. The van der Waals surface area contributed by atoms with Crippen LogP contribution >= 0.6 is 15.9 Å². The number of nitrogens with one attached hydrogen (secondary N) is 1. The summed E-state index contributed by atoms with van der Waals surface area (Å²) in [4.78, 5) is 29.6. The molecule has 0 aliphatic carbocycles. The second-order valence-electron chi connectivity index (χ2n) is 12.7. The molecule has 1 heterocycles. The summed E-state index contributed by atoms with van der Waals surface area (Å²) in [5, 5.41) is 3.68. The molecule has 0 bridgehead atoms. The predicted molar refractivity (Wildman–Crippen MR) is 197 cm³/mol. The number of cyclic esters (lactones) is 1. The van der Waals surface area contributed by atoms with Gasteiger partial charge in [0.25, 0.3) is 0 Å². The Bertz CT molecular complexity index is 1870. The first-order chi connectivity index (χ1) is 24.3. The van der Waals surface area contributed by atoms with Gasteiger partial charge in [-0.1, -0.05) is 112 Å². The van der Waals surface area contributed by atoms with E-state index in [1.807, 2.05) is 110 Å². The van der Waals surface area contributed by atoms with Crippen molar-refractivity contribution in [1.29, 1.82) is 0 Å². The lowest BCUT2D eigenvalue weighted by molar-refractivity contribution is -0.134. The van der Waals surface area contributed by atoms with E-state index >= 15 is 0 Å². The normalized spacial score (nSPS) is 15.3. The zero-order chi connectivity index (χ0) is 34.9. The number of amides is 2. The van der Waals surface area contributed by atoms with Crippen LogP contribution in [-0.2, 0) is 29.0 Å². The van der Waals surface area contributed by atoms with E-state index in [1.165, 1.54) is 17.0 Å². The minimum Gasteiger partial charge on any atom is -0.489 e. The Hall–Kier alpha value is -4.95. The Kier molecular flexibility index (Phi) is 11.6. The number of ether oxygens (including phenoxy) is 2. The highest BCUT2D eigenvalue weighted by molar-refractivity contribution is 9.10. The minimum absolute atomic E-state index is 0.127. The van der Waals surface area contributed by atoms with Crippen LogP contribution in [0.1, 0.15) is 46.7 Å². The first kappa shape index (κ1) is 34.9. The second-order valence-corrected chi connectivity index (χ2v) is 13.6. The van der Waals surface area contributed by atoms with E-state index in [1.54, 1.807) is 12.1 Å². The molecule has 0 spiro atoms. The van der Waals surface area contributed by atoms with Gasteiger partial charge in [0, 0.05) is 15.7 Å². The van der Waals surface area contributed by atoms with Crippen LogP contribution in [0.4, 0.5) is 14.9 Å². The molecule has 256 valence electrons. The summed E-state index contributed by atoms with van der Waals surface area (Å²) in [5.41, 5.74) is 5.73. The van der Waals surface area contributed by atoms with Gasteiger partial charge in [-0.15, -0.1) is 0 Å². The molecule has 1 fully saturated rings. The highest BCUT2D eigenvalue weighted by atomic mass is 79.9. The summed E-state index contributed by atoms with van der Waals surface area (Å²) in [5.74, 6) is -0.677. The molecule has 0 unspecified atom stereocenters. The van der Waals surface area contributed by atoms with Crippen molar-refractivity contribution >= 4 is 33.6 Å². The van der Waals surface area contributed by atoms with Gasteiger partial charge in [-0.3, -0.25) is 4.79 Å². The fourth-order valence-corrected chi connectivity index (χ4v) is 6.75. The number of hydrogen-bond donors (Lipinski definition) is 1. The number of hydrogen-bond acceptors (Lipinski definition) is 5.